The molecule has 11 heteroatoms. The molecule has 2 aliphatic rings. The second-order valence-electron chi connectivity index (χ2n) is 12.3. The zero-order valence-corrected chi connectivity index (χ0v) is 41.7. The van der Waals surface area contributed by atoms with Gasteiger partial charge in [-0.3, -0.25) is 9.97 Å². The van der Waals surface area contributed by atoms with Gasteiger partial charge in [0.2, 0.25) is 0 Å². The Balaban J connectivity index is 0.000000204. The number of benzene rings is 4. The van der Waals surface area contributed by atoms with Crippen LogP contribution in [0.4, 0.5) is 4.79 Å². The van der Waals surface area contributed by atoms with Crippen LogP contribution in [-0.4, -0.2) is 29.3 Å². The predicted octanol–water partition coefficient (Wildman–Crippen LogP) is 0.686. The number of pyridine rings is 2. The fourth-order valence-corrected chi connectivity index (χ4v) is 5.42. The fourth-order valence-electron chi connectivity index (χ4n) is 5.42. The number of ether oxygens (including phenoxy) is 2. The van der Waals surface area contributed by atoms with Gasteiger partial charge in [0, 0.05) is 35.6 Å². The van der Waals surface area contributed by atoms with E-state index < -0.39 is 6.16 Å². The first-order valence-corrected chi connectivity index (χ1v) is 16.3. The Hall–Kier alpha value is -2.35. The molecular weight excluding hydrogens is 894 g/mol. The summed E-state index contributed by atoms with van der Waals surface area (Å²) in [7, 11) is 0. The summed E-state index contributed by atoms with van der Waals surface area (Å²) >= 11 is 0. The summed E-state index contributed by atoms with van der Waals surface area (Å²) in [6, 6.07) is 32.1. The zero-order valence-electron chi connectivity index (χ0n) is 29.1. The molecule has 0 unspecified atom stereocenters. The Morgan fingerprint density at radius 1 is 0.635 bits per heavy atom. The second kappa shape index (κ2) is 20.9. The topological polar surface area (TPSA) is 155 Å². The molecule has 0 spiro atoms. The van der Waals surface area contributed by atoms with Crippen molar-refractivity contribution in [3.63, 3.8) is 0 Å². The first-order valence-electron chi connectivity index (χ1n) is 16.3. The van der Waals surface area contributed by atoms with E-state index >= 15 is 0 Å². The van der Waals surface area contributed by atoms with Crippen LogP contribution in [0, 0.1) is 34.5 Å². The summed E-state index contributed by atoms with van der Waals surface area (Å²) in [6.45, 7) is 1.54. The molecule has 0 atom stereocenters. The van der Waals surface area contributed by atoms with Crippen molar-refractivity contribution in [3.8, 4) is 45.9 Å². The molecule has 2 aliphatic carbocycles. The molecule has 0 N–H and O–H groups in total. The molecule has 2 fully saturated rings. The normalized spacial score (nSPS) is 12.6. The van der Waals surface area contributed by atoms with Gasteiger partial charge in [0.05, 0.1) is 36.5 Å². The minimum absolute atomic E-state index is 0. The van der Waals surface area contributed by atoms with Crippen molar-refractivity contribution in [1.29, 1.82) is 10.5 Å². The van der Waals surface area contributed by atoms with E-state index in [-0.39, 0.29) is 138 Å². The Labute approximate surface area is 420 Å². The summed E-state index contributed by atoms with van der Waals surface area (Å²) in [6.07, 6.45) is 10.0. The van der Waals surface area contributed by atoms with Gasteiger partial charge in [0.15, 0.2) is 0 Å². The number of nitrogens with zero attached hydrogens (tertiary/aromatic N) is 4. The van der Waals surface area contributed by atoms with E-state index in [0.717, 1.165) is 68.5 Å². The fraction of sp³-hybridized carbons (Fsp3) is 0.195. The van der Waals surface area contributed by atoms with Gasteiger partial charge >= 0.3 is 138 Å². The van der Waals surface area contributed by atoms with Crippen molar-refractivity contribution < 1.29 is 162 Å². The molecule has 2 aromatic heterocycles. The van der Waals surface area contributed by atoms with Gasteiger partial charge in [-0.2, -0.15) is 10.5 Å². The third-order valence-corrected chi connectivity index (χ3v) is 8.43. The maximum absolute atomic E-state index is 9.10. The molecule has 0 radical (unpaired) electrons. The zero-order chi connectivity index (χ0) is 34.9. The van der Waals surface area contributed by atoms with E-state index in [1.165, 1.54) is 25.7 Å². The number of fused-ring (bicyclic) bond motifs is 2. The van der Waals surface area contributed by atoms with Crippen molar-refractivity contribution in [1.82, 2.24) is 9.97 Å². The number of hydrogen-bond donors (Lipinski definition) is 0. The van der Waals surface area contributed by atoms with E-state index in [1.54, 1.807) is 12.4 Å². The summed E-state index contributed by atoms with van der Waals surface area (Å²) in [5, 5.41) is 39.2. The molecule has 0 amide bonds. The molecule has 2 heterocycles. The number of carboxylic acid groups (broad SMARTS) is 2. The maximum Gasteiger partial charge on any atom is 1.00 e. The average molecular weight is 927 g/mol. The first kappa shape index (κ1) is 42.4. The molecule has 6 aromatic rings. The van der Waals surface area contributed by atoms with Gasteiger partial charge in [-0.05, 0) is 137 Å². The maximum atomic E-state index is 9.10. The number of carbonyl (C=O) groups excluding carboxylic acids is 1. The van der Waals surface area contributed by atoms with Gasteiger partial charge in [0.1, 0.15) is 11.5 Å². The summed E-state index contributed by atoms with van der Waals surface area (Å²) in [5.74, 6) is 3.15. The number of rotatable bonds is 8. The van der Waals surface area contributed by atoms with Crippen molar-refractivity contribution in [2.24, 2.45) is 11.8 Å². The Morgan fingerprint density at radius 3 is 1.40 bits per heavy atom. The van der Waals surface area contributed by atoms with Gasteiger partial charge < -0.3 is 24.5 Å². The number of aromatic nitrogens is 2. The van der Waals surface area contributed by atoms with Crippen molar-refractivity contribution in [3.05, 3.63) is 121 Å². The molecule has 2 saturated carbocycles. The van der Waals surface area contributed by atoms with Crippen LogP contribution in [-0.2, 0) is 0 Å². The van der Waals surface area contributed by atoms with E-state index in [4.69, 9.17) is 35.0 Å². The molecule has 9 nitrogen and oxygen atoms in total. The quantitative estimate of drug-likeness (QED) is 0.215. The van der Waals surface area contributed by atoms with Crippen molar-refractivity contribution >= 4 is 27.7 Å². The molecule has 52 heavy (non-hydrogen) atoms. The number of hydrogen-bond acceptors (Lipinski definition) is 9. The Kier molecular flexibility index (Phi) is 17.1. The van der Waals surface area contributed by atoms with Crippen LogP contribution in [0.3, 0.4) is 0 Å². The minimum atomic E-state index is -2.33. The second-order valence-corrected chi connectivity index (χ2v) is 12.3. The van der Waals surface area contributed by atoms with Crippen LogP contribution in [0.2, 0.25) is 0 Å². The summed E-state index contributed by atoms with van der Waals surface area (Å²) in [5.41, 5.74) is 5.51. The van der Waals surface area contributed by atoms with Crippen molar-refractivity contribution in [2.45, 2.75) is 25.7 Å². The first-order chi connectivity index (χ1) is 24.4. The number of carbonyl (C=O) groups is 1. The van der Waals surface area contributed by atoms with Crippen LogP contribution >= 0.6 is 0 Å². The molecule has 0 aliphatic heterocycles. The van der Waals surface area contributed by atoms with Gasteiger partial charge in [-0.1, -0.05) is 24.3 Å². The molecule has 0 saturated heterocycles. The molecule has 8 rings (SSSR count). The van der Waals surface area contributed by atoms with E-state index in [9.17, 15) is 0 Å². The number of nitriles is 2. The standard InChI is InChI=1S/2C20H16N2O.CH2O3.2Cs/c2*21-11-15-2-1-3-16(8-15)18-9-17-6-7-22-12-19(17)20(10-18)23-13-14-4-5-14;2-1(3)4;;/h2*1-3,6-10,12,14H,4-5,13H2;(H2,2,3,4);;/q;;;2*+1/p-2. The Morgan fingerprint density at radius 2 is 1.04 bits per heavy atom. The SMILES string of the molecule is N#Cc1cccc(-c2cc(OCC3CC3)c3cnccc3c2)c1.N#Cc1cccc(-c2cc(OCC3CC3)c3cnccc3c2)c1.O=C([O-])[O-].[Cs+].[Cs+]. The molecule has 248 valence electrons. The van der Waals surface area contributed by atoms with Crippen LogP contribution < -0.4 is 157 Å². The molecule has 4 aromatic carbocycles. The van der Waals surface area contributed by atoms with Crippen LogP contribution in [0.1, 0.15) is 36.8 Å². The van der Waals surface area contributed by atoms with Crippen LogP contribution in [0.5, 0.6) is 11.5 Å². The Bertz CT molecular complexity index is 2090. The van der Waals surface area contributed by atoms with Crippen LogP contribution in [0.15, 0.2) is 110 Å². The van der Waals surface area contributed by atoms with E-state index in [2.05, 4.69) is 46.4 Å². The average Bonchev–Trinajstić information content (AvgIpc) is 4.09. The summed E-state index contributed by atoms with van der Waals surface area (Å²) in [4.78, 5) is 16.8. The smallest absolute Gasteiger partial charge is 0.652 e. The monoisotopic (exact) mass is 926 g/mol. The third-order valence-electron chi connectivity index (χ3n) is 8.43. The van der Waals surface area contributed by atoms with Crippen molar-refractivity contribution in [2.75, 3.05) is 13.2 Å². The summed E-state index contributed by atoms with van der Waals surface area (Å²) < 4.78 is 12.1. The molecular formula is C41H32Cs2N4O5. The van der Waals surface area contributed by atoms with Gasteiger partial charge in [-0.25, -0.2) is 0 Å². The van der Waals surface area contributed by atoms with Gasteiger partial charge in [-0.15, -0.1) is 0 Å². The predicted molar refractivity (Wildman–Crippen MR) is 186 cm³/mol. The largest absolute Gasteiger partial charge is 1.00 e. The molecule has 0 bridgehead atoms. The third kappa shape index (κ3) is 12.3. The van der Waals surface area contributed by atoms with Crippen LogP contribution in [0.25, 0.3) is 43.8 Å². The van der Waals surface area contributed by atoms with Gasteiger partial charge in [0.25, 0.3) is 0 Å². The van der Waals surface area contributed by atoms with E-state index in [0.29, 0.717) is 23.0 Å². The minimum Gasteiger partial charge on any atom is -0.652 e. The van der Waals surface area contributed by atoms with E-state index in [1.807, 2.05) is 73.1 Å².